The zero-order valence-electron chi connectivity index (χ0n) is 32.9. The highest BCUT2D eigenvalue weighted by atomic mass is 32.2. The van der Waals surface area contributed by atoms with E-state index in [0.717, 1.165) is 25.7 Å². The first-order valence-electron chi connectivity index (χ1n) is 18.6. The predicted molar refractivity (Wildman–Crippen MR) is 222 cm³/mol. The van der Waals surface area contributed by atoms with E-state index in [1.807, 2.05) is 0 Å². The highest BCUT2D eigenvalue weighted by Crippen LogP contribution is 2.37. The Labute approximate surface area is 336 Å². The van der Waals surface area contributed by atoms with Gasteiger partial charge in [0.25, 0.3) is 23.6 Å². The first-order valence-corrected chi connectivity index (χ1v) is 21.6. The Morgan fingerprint density at radius 1 is 0.603 bits per heavy atom. The third-order valence-corrected chi connectivity index (χ3v) is 13.2. The average Bonchev–Trinajstić information content (AvgIpc) is 3.86. The first-order chi connectivity index (χ1) is 27.5. The number of H-pyrrole nitrogens is 2. The van der Waals surface area contributed by atoms with Crippen molar-refractivity contribution in [1.82, 2.24) is 30.0 Å². The van der Waals surface area contributed by atoms with E-state index in [1.165, 1.54) is 38.4 Å². The number of aromatic nitrogens is 2. The van der Waals surface area contributed by atoms with Crippen LogP contribution >= 0.6 is 0 Å². The van der Waals surface area contributed by atoms with Crippen LogP contribution in [0.3, 0.4) is 0 Å². The number of anilines is 2. The summed E-state index contributed by atoms with van der Waals surface area (Å²) in [5.74, 6) is -1.26. The van der Waals surface area contributed by atoms with E-state index in [4.69, 9.17) is 0 Å². The molecule has 16 nitrogen and oxygen atoms in total. The highest BCUT2D eigenvalue weighted by molar-refractivity contribution is 7.89. The Morgan fingerprint density at radius 2 is 0.983 bits per heavy atom. The highest BCUT2D eigenvalue weighted by Gasteiger charge is 2.29. The molecule has 8 N–H and O–H groups in total. The summed E-state index contributed by atoms with van der Waals surface area (Å²) in [7, 11) is -4.82. The van der Waals surface area contributed by atoms with Crippen molar-refractivity contribution in [2.45, 2.75) is 63.2 Å². The molecule has 2 aromatic carbocycles. The van der Waals surface area contributed by atoms with Crippen LogP contribution in [0.4, 0.5) is 11.4 Å². The van der Waals surface area contributed by atoms with Crippen molar-refractivity contribution < 1.29 is 36.0 Å². The van der Waals surface area contributed by atoms with Crippen LogP contribution in [0.5, 0.6) is 0 Å². The quantitative estimate of drug-likeness (QED) is 0.0640. The van der Waals surface area contributed by atoms with Crippen LogP contribution in [0.15, 0.2) is 46.2 Å². The molecule has 2 aliphatic heterocycles. The summed E-state index contributed by atoms with van der Waals surface area (Å²) >= 11 is 0. The molecule has 0 unspecified atom stereocenters. The van der Waals surface area contributed by atoms with Crippen molar-refractivity contribution in [3.63, 3.8) is 0 Å². The summed E-state index contributed by atoms with van der Waals surface area (Å²) in [6, 6.07) is 8.81. The van der Waals surface area contributed by atoms with Crippen molar-refractivity contribution in [2.75, 3.05) is 37.8 Å². The molecule has 0 saturated carbocycles. The SMILES string of the molecule is CNS(=O)(=O)c1ccc2c(c1)/C(=C/c1[nH]c(C)c(C(=O)NCCCCCCNC(=O)c3c(C)[nH]c(/C=C4/C(=O)Nc5ccc(S(=O)(=O)NC)cc54)c3C)c1C)C(=O)N2. The summed E-state index contributed by atoms with van der Waals surface area (Å²) < 4.78 is 54.0. The second kappa shape index (κ2) is 16.6. The van der Waals surface area contributed by atoms with E-state index in [2.05, 4.69) is 40.7 Å². The molecule has 306 valence electrons. The van der Waals surface area contributed by atoms with Crippen molar-refractivity contribution in [3.8, 4) is 0 Å². The number of carbonyl (C=O) groups excluding carboxylic acids is 4. The molecular weight excluding hydrogens is 785 g/mol. The van der Waals surface area contributed by atoms with Gasteiger partial charge in [-0.2, -0.15) is 0 Å². The standard InChI is InChI=1S/C40H46N8O8S2/c1-21-33(19-29-27-17-25(57(53,54)41-5)11-13-31(27)47-37(29)49)45-23(3)35(21)39(51)43-15-9-7-8-10-16-44-40(52)36-22(2)34(46-24(36)4)20-30-28-18-26(58(55,56)42-6)12-14-32(28)48-38(30)50/h11-14,17-20,41-42,45-46H,7-10,15-16H2,1-6H3,(H,43,51)(H,44,52)(H,47,49)(H,48,50)/b29-19-,30-20+. The van der Waals surface area contributed by atoms with Crippen LogP contribution in [0.1, 0.15) is 91.4 Å². The fraction of sp³-hybridized carbons (Fsp3) is 0.300. The number of nitrogens with one attached hydrogen (secondary N) is 8. The number of hydrogen-bond donors (Lipinski definition) is 8. The Balaban J connectivity index is 0.988. The molecule has 0 radical (unpaired) electrons. The maximum atomic E-state index is 13.2. The zero-order valence-corrected chi connectivity index (χ0v) is 34.6. The normalized spacial score (nSPS) is 15.1. The van der Waals surface area contributed by atoms with E-state index in [1.54, 1.807) is 52.0 Å². The van der Waals surface area contributed by atoms with Crippen LogP contribution in [0, 0.1) is 27.7 Å². The van der Waals surface area contributed by atoms with Crippen molar-refractivity contribution in [1.29, 1.82) is 0 Å². The van der Waals surface area contributed by atoms with Gasteiger partial charge in [-0.3, -0.25) is 19.2 Å². The molecule has 0 bridgehead atoms. The summed E-state index contributed by atoms with van der Waals surface area (Å²) in [5.41, 5.74) is 7.07. The van der Waals surface area contributed by atoms with Gasteiger partial charge in [0.1, 0.15) is 0 Å². The minimum atomic E-state index is -3.72. The van der Waals surface area contributed by atoms with E-state index >= 15 is 0 Å². The number of hydrogen-bond acceptors (Lipinski definition) is 8. The molecule has 58 heavy (non-hydrogen) atoms. The lowest BCUT2D eigenvalue weighted by molar-refractivity contribution is -0.111. The molecule has 2 aliphatic rings. The van der Waals surface area contributed by atoms with Crippen molar-refractivity contribution in [2.24, 2.45) is 0 Å². The second-order valence-corrected chi connectivity index (χ2v) is 17.9. The third kappa shape index (κ3) is 8.27. The summed E-state index contributed by atoms with van der Waals surface area (Å²) in [5, 5.41) is 11.4. The topological polar surface area (TPSA) is 240 Å². The van der Waals surface area contributed by atoms with E-state index < -0.39 is 20.0 Å². The maximum absolute atomic E-state index is 13.2. The Hall–Kier alpha value is -5.82. The number of fused-ring (bicyclic) bond motifs is 2. The largest absolute Gasteiger partial charge is 0.358 e. The fourth-order valence-electron chi connectivity index (χ4n) is 7.18. The third-order valence-electron chi connectivity index (χ3n) is 10.4. The minimum Gasteiger partial charge on any atom is -0.358 e. The van der Waals surface area contributed by atoms with Crippen molar-refractivity contribution in [3.05, 3.63) is 92.6 Å². The number of aromatic amines is 2. The predicted octanol–water partition coefficient (Wildman–Crippen LogP) is 4.10. The van der Waals surface area contributed by atoms with E-state index in [-0.39, 0.29) is 44.6 Å². The van der Waals surface area contributed by atoms with Gasteiger partial charge in [-0.15, -0.1) is 0 Å². The smallest absolute Gasteiger partial charge is 0.256 e. The van der Waals surface area contributed by atoms with Gasteiger partial charge in [-0.1, -0.05) is 12.8 Å². The number of amides is 4. The zero-order chi connectivity index (χ0) is 42.1. The molecule has 0 atom stereocenters. The Bertz CT molecular complexity index is 2470. The van der Waals surface area contributed by atoms with Gasteiger partial charge in [-0.05, 0) is 114 Å². The first kappa shape index (κ1) is 41.8. The van der Waals surface area contributed by atoms with Gasteiger partial charge in [0, 0.05) is 58.4 Å². The van der Waals surface area contributed by atoms with Gasteiger partial charge < -0.3 is 31.2 Å². The molecule has 6 rings (SSSR count). The van der Waals surface area contributed by atoms with Gasteiger partial charge in [0.05, 0.1) is 32.1 Å². The van der Waals surface area contributed by atoms with Crippen LogP contribution in [0.25, 0.3) is 23.3 Å². The van der Waals surface area contributed by atoms with Crippen molar-refractivity contribution >= 4 is 78.3 Å². The maximum Gasteiger partial charge on any atom is 0.256 e. The molecule has 0 saturated heterocycles. The summed E-state index contributed by atoms with van der Waals surface area (Å²) in [4.78, 5) is 58.5. The van der Waals surface area contributed by atoms with Crippen LogP contribution in [0.2, 0.25) is 0 Å². The van der Waals surface area contributed by atoms with Gasteiger partial charge in [0.15, 0.2) is 0 Å². The number of rotatable bonds is 15. The monoisotopic (exact) mass is 830 g/mol. The average molecular weight is 831 g/mol. The van der Waals surface area contributed by atoms with Crippen LogP contribution in [-0.2, 0) is 29.6 Å². The molecule has 0 fully saturated rings. The number of sulfonamides is 2. The molecule has 0 aliphatic carbocycles. The van der Waals surface area contributed by atoms with Crippen LogP contribution < -0.4 is 30.7 Å². The molecule has 0 spiro atoms. The Kier molecular flexibility index (Phi) is 11.9. The Morgan fingerprint density at radius 3 is 1.34 bits per heavy atom. The number of unbranched alkanes of at least 4 members (excludes halogenated alkanes) is 3. The molecule has 4 amide bonds. The molecule has 4 heterocycles. The number of carbonyl (C=O) groups is 4. The number of aryl methyl sites for hydroxylation is 2. The number of benzene rings is 2. The lowest BCUT2D eigenvalue weighted by Crippen LogP contribution is -2.26. The van der Waals surface area contributed by atoms with Gasteiger partial charge in [-0.25, -0.2) is 26.3 Å². The lowest BCUT2D eigenvalue weighted by atomic mass is 10.0. The van der Waals surface area contributed by atoms with E-state index in [9.17, 15) is 36.0 Å². The van der Waals surface area contributed by atoms with Gasteiger partial charge >= 0.3 is 0 Å². The minimum absolute atomic E-state index is 0.0277. The lowest BCUT2D eigenvalue weighted by Gasteiger charge is -2.08. The van der Waals surface area contributed by atoms with Crippen LogP contribution in [-0.4, -0.2) is 77.6 Å². The molecule has 18 heteroatoms. The molecule has 2 aromatic heterocycles. The molecule has 4 aromatic rings. The van der Waals surface area contributed by atoms with E-state index in [0.29, 0.717) is 80.6 Å². The second-order valence-electron chi connectivity index (χ2n) is 14.1. The molecular formula is C40H46N8O8S2. The summed E-state index contributed by atoms with van der Waals surface area (Å²) in [6.07, 6.45) is 6.33. The summed E-state index contributed by atoms with van der Waals surface area (Å²) in [6.45, 7) is 8.01. The fourth-order valence-corrected chi connectivity index (χ4v) is 8.69. The van der Waals surface area contributed by atoms with Gasteiger partial charge in [0.2, 0.25) is 20.0 Å².